The number of hydrogen-bond donors (Lipinski definition) is 2. The summed E-state index contributed by atoms with van der Waals surface area (Å²) in [4.78, 5) is 34.5. The third-order valence-corrected chi connectivity index (χ3v) is 6.80. The average molecular weight is 494 g/mol. The lowest BCUT2D eigenvalue weighted by Crippen LogP contribution is -2.37. The highest BCUT2D eigenvalue weighted by molar-refractivity contribution is 8.03. The van der Waals surface area contributed by atoms with E-state index in [1.165, 1.54) is 23.9 Å². The molecule has 3 aromatic rings. The van der Waals surface area contributed by atoms with Crippen LogP contribution in [0.5, 0.6) is 0 Å². The number of imide groups is 1. The smallest absolute Gasteiger partial charge is 0.264 e. The number of rotatable bonds is 9. The van der Waals surface area contributed by atoms with Gasteiger partial charge in [0.25, 0.3) is 5.91 Å². The number of pyridine rings is 2. The monoisotopic (exact) mass is 493 g/mol. The molecule has 4 rings (SSSR count). The average Bonchev–Trinajstić information content (AvgIpc) is 2.88. The fourth-order valence-electron chi connectivity index (χ4n) is 4.18. The second kappa shape index (κ2) is 11.9. The molecule has 2 amide bonds. The van der Waals surface area contributed by atoms with Gasteiger partial charge in [0.15, 0.2) is 0 Å². The van der Waals surface area contributed by atoms with E-state index >= 15 is 0 Å². The van der Waals surface area contributed by atoms with Crippen LogP contribution in [0.15, 0.2) is 53.4 Å². The van der Waals surface area contributed by atoms with Crippen LogP contribution < -0.4 is 15.5 Å². The summed E-state index contributed by atoms with van der Waals surface area (Å²) in [7, 11) is 0. The maximum absolute atomic E-state index is 13.3. The number of halogens is 1. The van der Waals surface area contributed by atoms with Crippen molar-refractivity contribution in [1.82, 2.24) is 20.6 Å². The Morgan fingerprint density at radius 1 is 1.17 bits per heavy atom. The molecule has 1 aliphatic rings. The molecule has 0 bridgehead atoms. The quantitative estimate of drug-likeness (QED) is 0.347. The molecule has 1 aliphatic heterocycles. The molecular weight excluding hydrogens is 465 g/mol. The highest BCUT2D eigenvalue weighted by atomic mass is 32.2. The number of thioether (sulfide) groups is 1. The Balaban J connectivity index is 1.28. The van der Waals surface area contributed by atoms with Crippen LogP contribution in [-0.4, -0.2) is 48.2 Å². The second-order valence-corrected chi connectivity index (χ2v) is 9.27. The standard InChI is InChI=1S/C26H28FN5O2S/c1-35-24(26(34)29-17-33)14-21-3-2-4-25(31-21)32-11-9-18(10-12-32)15-28-16-22-7-5-19-13-20(27)6-8-23(19)30-22/h2-8,13-14,17-18,28H,9-12,15-16H2,1H3,(H,29,33,34)/b24-14-. The van der Waals surface area contributed by atoms with E-state index in [0.29, 0.717) is 29.5 Å². The molecule has 7 nitrogen and oxygen atoms in total. The summed E-state index contributed by atoms with van der Waals surface area (Å²) in [6.45, 7) is 3.41. The Hall–Kier alpha value is -3.30. The second-order valence-electron chi connectivity index (χ2n) is 8.43. The Morgan fingerprint density at radius 2 is 2.00 bits per heavy atom. The zero-order valence-electron chi connectivity index (χ0n) is 19.5. The molecule has 35 heavy (non-hydrogen) atoms. The van der Waals surface area contributed by atoms with Gasteiger partial charge in [0.1, 0.15) is 11.6 Å². The van der Waals surface area contributed by atoms with Crippen molar-refractivity contribution in [2.24, 2.45) is 5.92 Å². The highest BCUT2D eigenvalue weighted by Gasteiger charge is 2.20. The Labute approximate surface area is 208 Å². The van der Waals surface area contributed by atoms with Gasteiger partial charge in [-0.3, -0.25) is 19.9 Å². The molecule has 0 saturated carbocycles. The molecule has 0 unspecified atom stereocenters. The topological polar surface area (TPSA) is 87.2 Å². The maximum Gasteiger partial charge on any atom is 0.264 e. The van der Waals surface area contributed by atoms with Crippen LogP contribution in [0.1, 0.15) is 24.2 Å². The van der Waals surface area contributed by atoms with Crippen molar-refractivity contribution < 1.29 is 14.0 Å². The third kappa shape index (κ3) is 6.64. The van der Waals surface area contributed by atoms with Crippen LogP contribution in [0.4, 0.5) is 10.2 Å². The molecule has 182 valence electrons. The van der Waals surface area contributed by atoms with Crippen LogP contribution in [0.25, 0.3) is 17.0 Å². The zero-order chi connectivity index (χ0) is 24.6. The van der Waals surface area contributed by atoms with E-state index < -0.39 is 5.91 Å². The fourth-order valence-corrected chi connectivity index (χ4v) is 4.66. The van der Waals surface area contributed by atoms with Gasteiger partial charge in [-0.2, -0.15) is 0 Å². The molecule has 2 aromatic heterocycles. The van der Waals surface area contributed by atoms with Gasteiger partial charge in [-0.25, -0.2) is 9.37 Å². The molecule has 2 N–H and O–H groups in total. The summed E-state index contributed by atoms with van der Waals surface area (Å²) >= 11 is 1.27. The molecule has 0 spiro atoms. The number of carbonyl (C=O) groups is 2. The number of amides is 2. The van der Waals surface area contributed by atoms with E-state index in [1.54, 1.807) is 18.4 Å². The Bertz CT molecular complexity index is 1230. The van der Waals surface area contributed by atoms with Gasteiger partial charge in [-0.05, 0) is 74.0 Å². The number of aromatic nitrogens is 2. The minimum atomic E-state index is -0.430. The lowest BCUT2D eigenvalue weighted by molar-refractivity contribution is -0.121. The maximum atomic E-state index is 13.3. The number of fused-ring (bicyclic) bond motifs is 1. The Kier molecular flexibility index (Phi) is 8.44. The normalized spacial score (nSPS) is 14.8. The predicted molar refractivity (Wildman–Crippen MR) is 138 cm³/mol. The number of hydrogen-bond acceptors (Lipinski definition) is 7. The van der Waals surface area contributed by atoms with Gasteiger partial charge in [0.05, 0.1) is 21.8 Å². The summed E-state index contributed by atoms with van der Waals surface area (Å²) in [5.41, 5.74) is 2.43. The molecule has 0 aliphatic carbocycles. The van der Waals surface area contributed by atoms with Crippen molar-refractivity contribution in [3.8, 4) is 0 Å². The third-order valence-electron chi connectivity index (χ3n) is 6.06. The molecule has 1 fully saturated rings. The summed E-state index contributed by atoms with van der Waals surface area (Å²) in [5, 5.41) is 6.49. The van der Waals surface area contributed by atoms with E-state index in [-0.39, 0.29) is 5.82 Å². The van der Waals surface area contributed by atoms with E-state index in [2.05, 4.69) is 20.5 Å². The summed E-state index contributed by atoms with van der Waals surface area (Å²) in [6.07, 6.45) is 5.97. The SMILES string of the molecule is CS/C(=C\c1cccc(N2CCC(CNCc3ccc4cc(F)ccc4n3)CC2)n1)C(=O)NC=O. The van der Waals surface area contributed by atoms with Gasteiger partial charge in [-0.15, -0.1) is 11.8 Å². The van der Waals surface area contributed by atoms with Gasteiger partial charge >= 0.3 is 0 Å². The van der Waals surface area contributed by atoms with Gasteiger partial charge in [0.2, 0.25) is 6.41 Å². The molecule has 3 heterocycles. The van der Waals surface area contributed by atoms with Crippen molar-refractivity contribution in [3.63, 3.8) is 0 Å². The van der Waals surface area contributed by atoms with E-state index in [4.69, 9.17) is 4.98 Å². The molecule has 1 aromatic carbocycles. The minimum absolute atomic E-state index is 0.249. The number of benzene rings is 1. The first kappa shape index (κ1) is 24.8. The largest absolute Gasteiger partial charge is 0.357 e. The summed E-state index contributed by atoms with van der Waals surface area (Å²) in [6, 6.07) is 14.3. The van der Waals surface area contributed by atoms with Crippen molar-refractivity contribution in [3.05, 3.63) is 70.6 Å². The molecule has 9 heteroatoms. The van der Waals surface area contributed by atoms with Crippen LogP contribution >= 0.6 is 11.8 Å². The number of piperidine rings is 1. The van der Waals surface area contributed by atoms with Gasteiger partial charge in [0, 0.05) is 25.0 Å². The van der Waals surface area contributed by atoms with Gasteiger partial charge < -0.3 is 10.2 Å². The van der Waals surface area contributed by atoms with E-state index in [1.807, 2.05) is 30.3 Å². The lowest BCUT2D eigenvalue weighted by Gasteiger charge is -2.33. The van der Waals surface area contributed by atoms with Crippen LogP contribution in [0.2, 0.25) is 0 Å². The van der Waals surface area contributed by atoms with Crippen molar-refractivity contribution >= 4 is 46.9 Å². The molecule has 0 atom stereocenters. The van der Waals surface area contributed by atoms with Crippen LogP contribution in [-0.2, 0) is 16.1 Å². The van der Waals surface area contributed by atoms with Crippen LogP contribution in [0.3, 0.4) is 0 Å². The van der Waals surface area contributed by atoms with Gasteiger partial charge in [-0.1, -0.05) is 12.1 Å². The highest BCUT2D eigenvalue weighted by Crippen LogP contribution is 2.23. The van der Waals surface area contributed by atoms with Crippen LogP contribution in [0, 0.1) is 11.7 Å². The predicted octanol–water partition coefficient (Wildman–Crippen LogP) is 3.75. The lowest BCUT2D eigenvalue weighted by atomic mass is 9.96. The number of carbonyl (C=O) groups excluding carboxylic acids is 2. The minimum Gasteiger partial charge on any atom is -0.357 e. The number of anilines is 1. The summed E-state index contributed by atoms with van der Waals surface area (Å²) < 4.78 is 13.3. The summed E-state index contributed by atoms with van der Waals surface area (Å²) in [5.74, 6) is 0.777. The van der Waals surface area contributed by atoms with Crippen molar-refractivity contribution in [2.75, 3.05) is 30.8 Å². The van der Waals surface area contributed by atoms with E-state index in [9.17, 15) is 14.0 Å². The van der Waals surface area contributed by atoms with Crippen molar-refractivity contribution in [1.29, 1.82) is 0 Å². The number of nitrogens with one attached hydrogen (secondary N) is 2. The molecule has 1 saturated heterocycles. The number of nitrogens with zero attached hydrogens (tertiary/aromatic N) is 3. The van der Waals surface area contributed by atoms with E-state index in [0.717, 1.165) is 54.9 Å². The van der Waals surface area contributed by atoms with Crippen molar-refractivity contribution in [2.45, 2.75) is 19.4 Å². The first-order valence-electron chi connectivity index (χ1n) is 11.5. The Morgan fingerprint density at radius 3 is 2.77 bits per heavy atom. The zero-order valence-corrected chi connectivity index (χ0v) is 20.4. The molecular formula is C26H28FN5O2S. The first-order chi connectivity index (χ1) is 17.1. The molecule has 0 radical (unpaired) electrons. The fraction of sp³-hybridized carbons (Fsp3) is 0.308. The first-order valence-corrected chi connectivity index (χ1v) is 12.8.